The topological polar surface area (TPSA) is 107 Å². The summed E-state index contributed by atoms with van der Waals surface area (Å²) >= 11 is 0. The molecule has 42 heavy (non-hydrogen) atoms. The lowest BCUT2D eigenvalue weighted by molar-refractivity contribution is -0.143. The zero-order valence-electron chi connectivity index (χ0n) is 25.2. The van der Waals surface area contributed by atoms with E-state index in [2.05, 4.69) is 4.98 Å². The lowest BCUT2D eigenvalue weighted by Gasteiger charge is -2.20. The summed E-state index contributed by atoms with van der Waals surface area (Å²) in [7, 11) is 1.55. The van der Waals surface area contributed by atoms with Crippen LogP contribution in [0.3, 0.4) is 0 Å². The second-order valence-corrected chi connectivity index (χ2v) is 11.9. The Morgan fingerprint density at radius 2 is 1.69 bits per heavy atom. The molecule has 0 aliphatic rings. The molecular weight excluding hydrogens is 532 g/mol. The Morgan fingerprint density at radius 1 is 1.00 bits per heavy atom. The van der Waals surface area contributed by atoms with Crippen LogP contribution < -0.4 is 9.47 Å². The van der Waals surface area contributed by atoms with Crippen LogP contribution in [0.1, 0.15) is 78.0 Å². The number of carboxylic acids is 1. The molecule has 0 unspecified atom stereocenters. The third-order valence-corrected chi connectivity index (χ3v) is 7.37. The summed E-state index contributed by atoms with van der Waals surface area (Å²) in [6.07, 6.45) is 1.73. The van der Waals surface area contributed by atoms with Crippen molar-refractivity contribution < 1.29 is 29.0 Å². The van der Waals surface area contributed by atoms with Crippen molar-refractivity contribution in [1.82, 2.24) is 9.38 Å². The number of methoxy groups -OCH3 is 1. The maximum absolute atomic E-state index is 14.2. The molecule has 4 aromatic rings. The second kappa shape index (κ2) is 12.2. The molecule has 0 amide bonds. The first-order valence-electron chi connectivity index (χ1n) is 14.0. The molecule has 0 aliphatic heterocycles. The minimum Gasteiger partial charge on any atom is -0.497 e. The van der Waals surface area contributed by atoms with Gasteiger partial charge in [0.15, 0.2) is 5.78 Å². The number of hydrogen-bond donors (Lipinski definition) is 1. The minimum absolute atomic E-state index is 0.0203. The van der Waals surface area contributed by atoms with Gasteiger partial charge in [-0.15, -0.1) is 0 Å². The van der Waals surface area contributed by atoms with E-state index in [4.69, 9.17) is 9.47 Å². The first-order chi connectivity index (χ1) is 19.8. The predicted octanol–water partition coefficient (Wildman–Crippen LogP) is 6.59. The van der Waals surface area contributed by atoms with Crippen molar-refractivity contribution in [2.75, 3.05) is 7.11 Å². The van der Waals surface area contributed by atoms with E-state index in [-0.39, 0.29) is 36.2 Å². The van der Waals surface area contributed by atoms with Crippen LogP contribution in [0.4, 0.5) is 0 Å². The van der Waals surface area contributed by atoms with Gasteiger partial charge in [-0.05, 0) is 67.3 Å². The number of ketones is 2. The average molecular weight is 571 g/mol. The maximum atomic E-state index is 14.2. The van der Waals surface area contributed by atoms with Crippen LogP contribution in [0, 0.1) is 24.2 Å². The Bertz CT molecular complexity index is 1630. The van der Waals surface area contributed by atoms with Gasteiger partial charge in [0.05, 0.1) is 29.9 Å². The summed E-state index contributed by atoms with van der Waals surface area (Å²) < 4.78 is 13.0. The number of benzene rings is 1. The van der Waals surface area contributed by atoms with E-state index < -0.39 is 17.3 Å². The van der Waals surface area contributed by atoms with Crippen molar-refractivity contribution in [3.05, 3.63) is 94.6 Å². The van der Waals surface area contributed by atoms with Crippen LogP contribution in [0.15, 0.2) is 60.8 Å². The van der Waals surface area contributed by atoms with Gasteiger partial charge in [-0.1, -0.05) is 40.7 Å². The SMILES string of the molecule is COc1ccc(C(=O)c2c(C[C@H](C(=O)O)C(C)C)c(C(=O)C(C)(C)C)c3cc(OCc4cccc(C)n4)ccn23)cc1. The van der Waals surface area contributed by atoms with Gasteiger partial charge in [-0.2, -0.15) is 0 Å². The standard InChI is InChI=1S/C34H38N2O6/c1-20(2)26(33(39)40)18-27-29(32(38)34(4,5)6)28-17-25(42-19-23-10-8-9-21(3)35-23)15-16-36(28)30(27)31(37)22-11-13-24(41-7)14-12-22/h8-17,20,26H,18-19H2,1-7H3,(H,39,40)/t26-/m0/s1. The van der Waals surface area contributed by atoms with Crippen LogP contribution in [-0.2, 0) is 17.8 Å². The number of aromatic nitrogens is 2. The first kappa shape index (κ1) is 30.5. The quantitative estimate of drug-likeness (QED) is 0.203. The van der Waals surface area contributed by atoms with Crippen LogP contribution in [0.2, 0.25) is 0 Å². The summed E-state index contributed by atoms with van der Waals surface area (Å²) in [4.78, 5) is 45.1. The van der Waals surface area contributed by atoms with Crippen molar-refractivity contribution in [3.8, 4) is 11.5 Å². The summed E-state index contributed by atoms with van der Waals surface area (Å²) in [5, 5.41) is 10.1. The van der Waals surface area contributed by atoms with E-state index in [0.717, 1.165) is 11.4 Å². The van der Waals surface area contributed by atoms with Gasteiger partial charge in [-0.3, -0.25) is 19.4 Å². The average Bonchev–Trinajstić information content (AvgIpc) is 3.26. The van der Waals surface area contributed by atoms with Gasteiger partial charge in [0, 0.05) is 34.5 Å². The molecule has 8 heteroatoms. The Morgan fingerprint density at radius 3 is 2.26 bits per heavy atom. The fourth-order valence-electron chi connectivity index (χ4n) is 4.99. The largest absolute Gasteiger partial charge is 0.497 e. The number of aryl methyl sites for hydroxylation is 1. The van der Waals surface area contributed by atoms with Crippen molar-refractivity contribution in [1.29, 1.82) is 0 Å². The van der Waals surface area contributed by atoms with Crippen molar-refractivity contribution in [2.24, 2.45) is 17.3 Å². The molecule has 8 nitrogen and oxygen atoms in total. The number of fused-ring (bicyclic) bond motifs is 1. The van der Waals surface area contributed by atoms with Crippen LogP contribution in [0.25, 0.3) is 5.52 Å². The Balaban J connectivity index is 1.95. The van der Waals surface area contributed by atoms with Gasteiger partial charge in [0.2, 0.25) is 5.78 Å². The highest BCUT2D eigenvalue weighted by molar-refractivity contribution is 6.15. The smallest absolute Gasteiger partial charge is 0.307 e. The number of nitrogens with zero attached hydrogens (tertiary/aromatic N) is 2. The molecule has 4 rings (SSSR count). The highest BCUT2D eigenvalue weighted by Gasteiger charge is 2.35. The predicted molar refractivity (Wildman–Crippen MR) is 161 cm³/mol. The number of carboxylic acid groups (broad SMARTS) is 1. The molecule has 3 heterocycles. The second-order valence-electron chi connectivity index (χ2n) is 11.9. The van der Waals surface area contributed by atoms with E-state index in [1.54, 1.807) is 54.1 Å². The van der Waals surface area contributed by atoms with Crippen LogP contribution >= 0.6 is 0 Å². The molecule has 220 valence electrons. The number of carbonyl (C=O) groups is 3. The van der Waals surface area contributed by atoms with E-state index in [0.29, 0.717) is 33.7 Å². The third kappa shape index (κ3) is 6.38. The zero-order valence-corrected chi connectivity index (χ0v) is 25.2. The molecule has 0 aliphatic carbocycles. The monoisotopic (exact) mass is 570 g/mol. The molecule has 0 saturated carbocycles. The minimum atomic E-state index is -0.980. The molecule has 0 fully saturated rings. The van der Waals surface area contributed by atoms with E-state index in [1.807, 2.05) is 59.7 Å². The van der Waals surface area contributed by atoms with E-state index >= 15 is 0 Å². The lowest BCUT2D eigenvalue weighted by Crippen LogP contribution is -2.26. The number of Topliss-reactive ketones (excluding diaryl/α,β-unsaturated/α-hetero) is 1. The summed E-state index contributed by atoms with van der Waals surface area (Å²) in [5.74, 6) is -1.42. The first-order valence-corrected chi connectivity index (χ1v) is 14.0. The summed E-state index contributed by atoms with van der Waals surface area (Å²) in [6, 6.07) is 15.9. The fourth-order valence-corrected chi connectivity index (χ4v) is 4.99. The highest BCUT2D eigenvalue weighted by Crippen LogP contribution is 2.36. The normalized spacial score (nSPS) is 12.4. The lowest BCUT2D eigenvalue weighted by atomic mass is 9.81. The molecule has 0 radical (unpaired) electrons. The van der Waals surface area contributed by atoms with Gasteiger partial charge in [0.1, 0.15) is 18.1 Å². The van der Waals surface area contributed by atoms with E-state index in [9.17, 15) is 19.5 Å². The van der Waals surface area contributed by atoms with Crippen molar-refractivity contribution in [2.45, 2.75) is 54.6 Å². The molecule has 0 saturated heterocycles. The number of aliphatic carboxylic acids is 1. The molecule has 3 aromatic heterocycles. The molecular formula is C34H38N2O6. The molecule has 0 spiro atoms. The zero-order chi connectivity index (χ0) is 30.8. The number of pyridine rings is 2. The van der Waals surface area contributed by atoms with Gasteiger partial charge in [0.25, 0.3) is 0 Å². The van der Waals surface area contributed by atoms with Gasteiger partial charge in [-0.25, -0.2) is 0 Å². The van der Waals surface area contributed by atoms with Crippen molar-refractivity contribution >= 4 is 23.1 Å². The van der Waals surface area contributed by atoms with Crippen molar-refractivity contribution in [3.63, 3.8) is 0 Å². The maximum Gasteiger partial charge on any atom is 0.307 e. The number of ether oxygens (including phenoxy) is 2. The Kier molecular flexibility index (Phi) is 8.85. The van der Waals surface area contributed by atoms with Crippen LogP contribution in [0.5, 0.6) is 11.5 Å². The number of carbonyl (C=O) groups excluding carboxylic acids is 2. The Hall–Kier alpha value is -4.46. The molecule has 1 atom stereocenters. The summed E-state index contributed by atoms with van der Waals surface area (Å²) in [5.41, 5.74) is 2.75. The highest BCUT2D eigenvalue weighted by atomic mass is 16.5. The molecule has 1 aromatic carbocycles. The Labute approximate surface area is 246 Å². The molecule has 1 N–H and O–H groups in total. The third-order valence-electron chi connectivity index (χ3n) is 7.37. The molecule has 0 bridgehead atoms. The number of hydrogen-bond acceptors (Lipinski definition) is 6. The van der Waals surface area contributed by atoms with Gasteiger partial charge >= 0.3 is 5.97 Å². The number of rotatable bonds is 11. The van der Waals surface area contributed by atoms with Crippen LogP contribution in [-0.4, -0.2) is 39.1 Å². The van der Waals surface area contributed by atoms with E-state index in [1.165, 1.54) is 0 Å². The summed E-state index contributed by atoms with van der Waals surface area (Å²) in [6.45, 7) is 11.2. The fraction of sp³-hybridized carbons (Fsp3) is 0.353. The van der Waals surface area contributed by atoms with Gasteiger partial charge < -0.3 is 19.0 Å².